The maximum absolute atomic E-state index is 13.8. The SMILES string of the molecule is Cc1nc(-c2cc(-c3ccccc3F)n[nH]2)n(CCO)n1. The van der Waals surface area contributed by atoms with Gasteiger partial charge in [0.15, 0.2) is 5.82 Å². The lowest BCUT2D eigenvalue weighted by atomic mass is 10.1. The van der Waals surface area contributed by atoms with Crippen LogP contribution in [0.15, 0.2) is 30.3 Å². The summed E-state index contributed by atoms with van der Waals surface area (Å²) in [5, 5.41) is 20.2. The maximum atomic E-state index is 13.8. The number of nitrogens with one attached hydrogen (secondary N) is 1. The molecule has 3 aromatic rings. The van der Waals surface area contributed by atoms with Crippen molar-refractivity contribution in [2.24, 2.45) is 0 Å². The molecule has 0 aliphatic carbocycles. The van der Waals surface area contributed by atoms with Crippen molar-refractivity contribution in [3.8, 4) is 22.8 Å². The fourth-order valence-electron chi connectivity index (χ4n) is 2.15. The summed E-state index contributed by atoms with van der Waals surface area (Å²) in [5.74, 6) is 0.834. The molecule has 0 saturated carbocycles. The molecule has 1 aromatic carbocycles. The topological polar surface area (TPSA) is 79.6 Å². The Hall–Kier alpha value is -2.54. The molecule has 0 spiro atoms. The second-order valence-electron chi connectivity index (χ2n) is 4.58. The van der Waals surface area contributed by atoms with E-state index in [1.165, 1.54) is 6.07 Å². The molecule has 0 saturated heterocycles. The number of aromatic nitrogens is 5. The van der Waals surface area contributed by atoms with E-state index >= 15 is 0 Å². The number of benzene rings is 1. The molecule has 0 amide bonds. The van der Waals surface area contributed by atoms with Gasteiger partial charge in [0.2, 0.25) is 0 Å². The smallest absolute Gasteiger partial charge is 0.176 e. The first kappa shape index (κ1) is 13.4. The van der Waals surface area contributed by atoms with Gasteiger partial charge in [0.05, 0.1) is 18.8 Å². The first-order valence-electron chi connectivity index (χ1n) is 6.52. The summed E-state index contributed by atoms with van der Waals surface area (Å²) in [7, 11) is 0. The molecule has 6 nitrogen and oxygen atoms in total. The fraction of sp³-hybridized carbons (Fsp3) is 0.214. The van der Waals surface area contributed by atoms with E-state index in [2.05, 4.69) is 20.3 Å². The third-order valence-electron chi connectivity index (χ3n) is 3.06. The van der Waals surface area contributed by atoms with Gasteiger partial charge in [0.25, 0.3) is 0 Å². The summed E-state index contributed by atoms with van der Waals surface area (Å²) in [6.07, 6.45) is 0. The third kappa shape index (κ3) is 2.55. The van der Waals surface area contributed by atoms with Gasteiger partial charge in [-0.05, 0) is 25.1 Å². The van der Waals surface area contributed by atoms with Crippen LogP contribution in [-0.4, -0.2) is 36.7 Å². The van der Waals surface area contributed by atoms with Crippen LogP contribution >= 0.6 is 0 Å². The zero-order valence-corrected chi connectivity index (χ0v) is 11.4. The van der Waals surface area contributed by atoms with Crippen LogP contribution in [0.5, 0.6) is 0 Å². The number of aromatic amines is 1. The number of rotatable bonds is 4. The number of H-pyrrole nitrogens is 1. The Morgan fingerprint density at radius 3 is 2.90 bits per heavy atom. The molecule has 2 heterocycles. The normalized spacial score (nSPS) is 11.0. The van der Waals surface area contributed by atoms with Crippen molar-refractivity contribution < 1.29 is 9.50 Å². The molecular weight excluding hydrogens is 273 g/mol. The van der Waals surface area contributed by atoms with Crippen LogP contribution in [0, 0.1) is 12.7 Å². The Bertz CT molecular complexity index is 764. The number of hydrogen-bond acceptors (Lipinski definition) is 4. The van der Waals surface area contributed by atoms with Crippen molar-refractivity contribution in [3.05, 3.63) is 42.0 Å². The summed E-state index contributed by atoms with van der Waals surface area (Å²) in [4.78, 5) is 4.30. The standard InChI is InChI=1S/C14H14FN5O/c1-9-16-14(20(19-9)6-7-21)13-8-12(17-18-13)10-4-2-3-5-11(10)15/h2-5,8,21H,6-7H2,1H3,(H,17,18). The number of halogens is 1. The minimum absolute atomic E-state index is 0.0376. The van der Waals surface area contributed by atoms with Gasteiger partial charge in [-0.2, -0.15) is 10.2 Å². The summed E-state index contributed by atoms with van der Waals surface area (Å²) in [6, 6.07) is 8.16. The molecule has 21 heavy (non-hydrogen) atoms. The van der Waals surface area contributed by atoms with Gasteiger partial charge in [0.1, 0.15) is 17.3 Å². The zero-order chi connectivity index (χ0) is 14.8. The molecule has 0 unspecified atom stereocenters. The monoisotopic (exact) mass is 287 g/mol. The fourth-order valence-corrected chi connectivity index (χ4v) is 2.15. The second kappa shape index (κ2) is 5.45. The minimum atomic E-state index is -0.330. The highest BCUT2D eigenvalue weighted by Crippen LogP contribution is 2.24. The molecule has 0 radical (unpaired) electrons. The molecular formula is C14H14FN5O. The van der Waals surface area contributed by atoms with Crippen LogP contribution in [0.1, 0.15) is 5.82 Å². The van der Waals surface area contributed by atoms with Gasteiger partial charge < -0.3 is 5.11 Å². The van der Waals surface area contributed by atoms with Crippen molar-refractivity contribution in [2.45, 2.75) is 13.5 Å². The van der Waals surface area contributed by atoms with Crippen molar-refractivity contribution >= 4 is 0 Å². The van der Waals surface area contributed by atoms with Gasteiger partial charge in [-0.1, -0.05) is 12.1 Å². The first-order chi connectivity index (χ1) is 10.2. The Morgan fingerprint density at radius 1 is 1.33 bits per heavy atom. The average molecular weight is 287 g/mol. The largest absolute Gasteiger partial charge is 0.394 e. The van der Waals surface area contributed by atoms with E-state index in [9.17, 15) is 4.39 Å². The molecule has 0 aliphatic heterocycles. The lowest BCUT2D eigenvalue weighted by Crippen LogP contribution is -2.06. The van der Waals surface area contributed by atoms with E-state index in [1.807, 2.05) is 0 Å². The Morgan fingerprint density at radius 2 is 2.14 bits per heavy atom. The first-order valence-corrected chi connectivity index (χ1v) is 6.52. The van der Waals surface area contributed by atoms with Crippen molar-refractivity contribution in [3.63, 3.8) is 0 Å². The summed E-state index contributed by atoms with van der Waals surface area (Å²) < 4.78 is 15.4. The number of nitrogens with zero attached hydrogens (tertiary/aromatic N) is 4. The Balaban J connectivity index is 2.01. The van der Waals surface area contributed by atoms with Crippen LogP contribution < -0.4 is 0 Å². The second-order valence-corrected chi connectivity index (χ2v) is 4.58. The van der Waals surface area contributed by atoms with Crippen molar-refractivity contribution in [2.75, 3.05) is 6.61 Å². The maximum Gasteiger partial charge on any atom is 0.176 e. The van der Waals surface area contributed by atoms with E-state index < -0.39 is 0 Å². The van der Waals surface area contributed by atoms with E-state index in [0.717, 1.165) is 0 Å². The molecule has 3 rings (SSSR count). The zero-order valence-electron chi connectivity index (χ0n) is 11.4. The van der Waals surface area contributed by atoms with Gasteiger partial charge >= 0.3 is 0 Å². The van der Waals surface area contributed by atoms with Crippen LogP contribution in [-0.2, 0) is 6.54 Å². The molecule has 2 aromatic heterocycles. The lowest BCUT2D eigenvalue weighted by molar-refractivity contribution is 0.270. The van der Waals surface area contributed by atoms with Crippen LogP contribution in [0.3, 0.4) is 0 Å². The molecule has 7 heteroatoms. The molecule has 0 aliphatic rings. The Labute approximate surface area is 120 Å². The van der Waals surface area contributed by atoms with Crippen LogP contribution in [0.4, 0.5) is 4.39 Å². The minimum Gasteiger partial charge on any atom is -0.394 e. The average Bonchev–Trinajstić information content (AvgIpc) is 3.06. The van der Waals surface area contributed by atoms with Crippen molar-refractivity contribution in [1.29, 1.82) is 0 Å². The summed E-state index contributed by atoms with van der Waals surface area (Å²) in [6.45, 7) is 2.07. The number of hydrogen-bond donors (Lipinski definition) is 2. The van der Waals surface area contributed by atoms with Gasteiger partial charge in [-0.15, -0.1) is 0 Å². The molecule has 108 valence electrons. The summed E-state index contributed by atoms with van der Waals surface area (Å²) in [5.41, 5.74) is 1.55. The molecule has 2 N–H and O–H groups in total. The van der Waals surface area contributed by atoms with Gasteiger partial charge in [-0.3, -0.25) is 5.10 Å². The van der Waals surface area contributed by atoms with Crippen LogP contribution in [0.2, 0.25) is 0 Å². The van der Waals surface area contributed by atoms with Gasteiger partial charge in [0, 0.05) is 5.56 Å². The van der Waals surface area contributed by atoms with Gasteiger partial charge in [-0.25, -0.2) is 14.1 Å². The van der Waals surface area contributed by atoms with E-state index in [0.29, 0.717) is 35.1 Å². The summed E-state index contributed by atoms with van der Waals surface area (Å²) >= 11 is 0. The highest BCUT2D eigenvalue weighted by atomic mass is 19.1. The Kier molecular flexibility index (Phi) is 3.49. The number of aryl methyl sites for hydroxylation is 1. The highest BCUT2D eigenvalue weighted by Gasteiger charge is 2.14. The van der Waals surface area contributed by atoms with E-state index in [1.54, 1.807) is 35.9 Å². The van der Waals surface area contributed by atoms with E-state index in [-0.39, 0.29) is 12.4 Å². The highest BCUT2D eigenvalue weighted by molar-refractivity contribution is 5.65. The third-order valence-corrected chi connectivity index (χ3v) is 3.06. The molecule has 0 atom stereocenters. The van der Waals surface area contributed by atoms with Crippen molar-refractivity contribution in [1.82, 2.24) is 25.0 Å². The lowest BCUT2D eigenvalue weighted by Gasteiger charge is -2.00. The van der Waals surface area contributed by atoms with E-state index in [4.69, 9.17) is 5.11 Å². The predicted molar refractivity (Wildman–Crippen MR) is 74.8 cm³/mol. The molecule has 0 bridgehead atoms. The number of aliphatic hydroxyl groups is 1. The number of aliphatic hydroxyl groups excluding tert-OH is 1. The molecule has 0 fully saturated rings. The predicted octanol–water partition coefficient (Wildman–Crippen LogP) is 1.78. The quantitative estimate of drug-likeness (QED) is 0.766. The van der Waals surface area contributed by atoms with Crippen LogP contribution in [0.25, 0.3) is 22.8 Å².